The Balaban J connectivity index is 2.08. The highest BCUT2D eigenvalue weighted by Gasteiger charge is 2.11. The number of nitrogens with zero attached hydrogens (tertiary/aromatic N) is 1. The van der Waals surface area contributed by atoms with Gasteiger partial charge in [0.15, 0.2) is 0 Å². The summed E-state index contributed by atoms with van der Waals surface area (Å²) in [4.78, 5) is 12.9. The van der Waals surface area contributed by atoms with Crippen molar-refractivity contribution in [1.82, 2.24) is 4.57 Å². The van der Waals surface area contributed by atoms with Crippen molar-refractivity contribution in [2.24, 2.45) is 0 Å². The Labute approximate surface area is 144 Å². The molecular weight excluding hydrogens is 318 g/mol. The van der Waals surface area contributed by atoms with Crippen LogP contribution in [0.1, 0.15) is 0 Å². The van der Waals surface area contributed by atoms with Gasteiger partial charge in [0.25, 0.3) is 5.56 Å². The van der Waals surface area contributed by atoms with Crippen LogP contribution < -0.4 is 5.56 Å². The lowest BCUT2D eigenvalue weighted by molar-refractivity contribution is 1.01. The van der Waals surface area contributed by atoms with Gasteiger partial charge in [0.1, 0.15) is 0 Å². The second kappa shape index (κ2) is 5.99. The normalized spacial score (nSPS) is 10.9. The monoisotopic (exact) mass is 331 g/mol. The van der Waals surface area contributed by atoms with Gasteiger partial charge in [-0.15, -0.1) is 0 Å². The van der Waals surface area contributed by atoms with E-state index in [1.807, 2.05) is 85.1 Å². The van der Waals surface area contributed by atoms with Crippen molar-refractivity contribution in [2.75, 3.05) is 0 Å². The molecule has 0 atom stereocenters. The number of rotatable bonds is 2. The van der Waals surface area contributed by atoms with Crippen LogP contribution in [0, 0.1) is 0 Å². The van der Waals surface area contributed by atoms with Gasteiger partial charge < -0.3 is 0 Å². The molecule has 24 heavy (non-hydrogen) atoms. The molecule has 0 aliphatic rings. The maximum Gasteiger partial charge on any atom is 0.262 e. The zero-order valence-electron chi connectivity index (χ0n) is 12.8. The minimum absolute atomic E-state index is 0.0190. The van der Waals surface area contributed by atoms with Gasteiger partial charge in [-0.1, -0.05) is 60.1 Å². The molecular formula is C21H14ClNO. The maximum atomic E-state index is 12.9. The summed E-state index contributed by atoms with van der Waals surface area (Å²) in [6.45, 7) is 0. The van der Waals surface area contributed by atoms with Gasteiger partial charge in [-0.25, -0.2) is 0 Å². The molecule has 0 spiro atoms. The largest absolute Gasteiger partial charge is 0.283 e. The van der Waals surface area contributed by atoms with Gasteiger partial charge in [0, 0.05) is 27.9 Å². The number of benzene rings is 3. The maximum absolute atomic E-state index is 12.9. The Morgan fingerprint density at radius 3 is 2.04 bits per heavy atom. The molecule has 116 valence electrons. The molecule has 0 radical (unpaired) electrons. The molecule has 0 saturated heterocycles. The third-order valence-corrected chi connectivity index (χ3v) is 4.37. The number of pyridine rings is 1. The molecule has 0 amide bonds. The Morgan fingerprint density at radius 1 is 0.708 bits per heavy atom. The van der Waals surface area contributed by atoms with Crippen LogP contribution in [0.4, 0.5) is 0 Å². The van der Waals surface area contributed by atoms with Crippen LogP contribution in [0.5, 0.6) is 0 Å². The molecule has 4 aromatic rings. The molecule has 2 nitrogen and oxygen atoms in total. The molecule has 0 aliphatic carbocycles. The summed E-state index contributed by atoms with van der Waals surface area (Å²) in [6, 6.07) is 25.0. The predicted molar refractivity (Wildman–Crippen MR) is 100.0 cm³/mol. The first-order valence-corrected chi connectivity index (χ1v) is 8.07. The molecule has 0 unspecified atom stereocenters. The fourth-order valence-corrected chi connectivity index (χ4v) is 3.06. The molecule has 1 heterocycles. The van der Waals surface area contributed by atoms with E-state index in [9.17, 15) is 4.79 Å². The second-order valence-electron chi connectivity index (χ2n) is 5.61. The van der Waals surface area contributed by atoms with E-state index in [1.54, 1.807) is 4.57 Å². The predicted octanol–water partition coefficient (Wildman–Crippen LogP) is 5.31. The average molecular weight is 332 g/mol. The van der Waals surface area contributed by atoms with E-state index in [-0.39, 0.29) is 5.56 Å². The number of hydrogen-bond acceptors (Lipinski definition) is 1. The van der Waals surface area contributed by atoms with E-state index in [4.69, 9.17) is 11.6 Å². The first-order valence-electron chi connectivity index (χ1n) is 7.70. The fraction of sp³-hybridized carbons (Fsp3) is 0. The highest BCUT2D eigenvalue weighted by molar-refractivity contribution is 6.30. The van der Waals surface area contributed by atoms with E-state index in [0.29, 0.717) is 10.4 Å². The van der Waals surface area contributed by atoms with Crippen LogP contribution in [-0.4, -0.2) is 4.57 Å². The number of halogens is 1. The first kappa shape index (κ1) is 14.7. The minimum Gasteiger partial charge on any atom is -0.283 e. The topological polar surface area (TPSA) is 22.0 Å². The lowest BCUT2D eigenvalue weighted by Crippen LogP contribution is -2.18. The van der Waals surface area contributed by atoms with Crippen LogP contribution >= 0.6 is 11.6 Å². The van der Waals surface area contributed by atoms with Crippen molar-refractivity contribution in [3.05, 3.63) is 100 Å². The zero-order chi connectivity index (χ0) is 16.5. The van der Waals surface area contributed by atoms with Gasteiger partial charge in [-0.3, -0.25) is 9.36 Å². The SMILES string of the molecule is O=c1c2ccccc2c(-c2ccc(Cl)cc2)cn1-c1ccccc1. The highest BCUT2D eigenvalue weighted by Crippen LogP contribution is 2.28. The molecule has 3 heteroatoms. The summed E-state index contributed by atoms with van der Waals surface area (Å²) in [5, 5.41) is 2.34. The van der Waals surface area contributed by atoms with E-state index in [0.717, 1.165) is 22.2 Å². The summed E-state index contributed by atoms with van der Waals surface area (Å²) in [7, 11) is 0. The van der Waals surface area contributed by atoms with E-state index >= 15 is 0 Å². The average Bonchev–Trinajstić information content (AvgIpc) is 2.64. The summed E-state index contributed by atoms with van der Waals surface area (Å²) in [5.74, 6) is 0. The minimum atomic E-state index is -0.0190. The number of hydrogen-bond donors (Lipinski definition) is 0. The van der Waals surface area contributed by atoms with Crippen molar-refractivity contribution in [2.45, 2.75) is 0 Å². The molecule has 4 rings (SSSR count). The van der Waals surface area contributed by atoms with Crippen molar-refractivity contribution >= 4 is 22.4 Å². The number of para-hydroxylation sites is 1. The summed E-state index contributed by atoms with van der Waals surface area (Å²) < 4.78 is 1.70. The smallest absolute Gasteiger partial charge is 0.262 e. The van der Waals surface area contributed by atoms with Gasteiger partial charge in [0.05, 0.1) is 0 Å². The van der Waals surface area contributed by atoms with Crippen molar-refractivity contribution in [3.63, 3.8) is 0 Å². The van der Waals surface area contributed by atoms with Crippen LogP contribution in [-0.2, 0) is 0 Å². The Morgan fingerprint density at radius 2 is 1.33 bits per heavy atom. The van der Waals surface area contributed by atoms with Crippen molar-refractivity contribution in [1.29, 1.82) is 0 Å². The Bertz CT molecular complexity index is 1070. The standard InChI is InChI=1S/C21H14ClNO/c22-16-12-10-15(11-13-16)20-14-23(17-6-2-1-3-7-17)21(24)19-9-5-4-8-18(19)20/h1-14H. The molecule has 1 aromatic heterocycles. The van der Waals surface area contributed by atoms with E-state index < -0.39 is 0 Å². The lowest BCUT2D eigenvalue weighted by atomic mass is 10.0. The zero-order valence-corrected chi connectivity index (χ0v) is 13.6. The van der Waals surface area contributed by atoms with E-state index in [1.165, 1.54) is 0 Å². The molecule has 0 N–H and O–H groups in total. The molecule has 0 bridgehead atoms. The van der Waals surface area contributed by atoms with Gasteiger partial charge in [-0.05, 0) is 41.3 Å². The van der Waals surface area contributed by atoms with Gasteiger partial charge >= 0.3 is 0 Å². The summed E-state index contributed by atoms with van der Waals surface area (Å²) >= 11 is 6.01. The van der Waals surface area contributed by atoms with E-state index in [2.05, 4.69) is 0 Å². The van der Waals surface area contributed by atoms with Crippen molar-refractivity contribution < 1.29 is 0 Å². The summed E-state index contributed by atoms with van der Waals surface area (Å²) in [6.07, 6.45) is 1.91. The second-order valence-corrected chi connectivity index (χ2v) is 6.04. The van der Waals surface area contributed by atoms with Crippen LogP contribution in [0.2, 0.25) is 5.02 Å². The first-order chi connectivity index (χ1) is 11.7. The quantitative estimate of drug-likeness (QED) is 0.488. The highest BCUT2D eigenvalue weighted by atomic mass is 35.5. The molecule has 0 fully saturated rings. The third-order valence-electron chi connectivity index (χ3n) is 4.11. The van der Waals surface area contributed by atoms with Crippen LogP contribution in [0.3, 0.4) is 0 Å². The van der Waals surface area contributed by atoms with Gasteiger partial charge in [-0.2, -0.15) is 0 Å². The Hall–Kier alpha value is -2.84. The molecule has 3 aromatic carbocycles. The third kappa shape index (κ3) is 2.51. The number of aromatic nitrogens is 1. The van der Waals surface area contributed by atoms with Crippen LogP contribution in [0.15, 0.2) is 89.9 Å². The number of fused-ring (bicyclic) bond motifs is 1. The lowest BCUT2D eigenvalue weighted by Gasteiger charge is -2.13. The van der Waals surface area contributed by atoms with Crippen LogP contribution in [0.25, 0.3) is 27.6 Å². The molecule has 0 saturated carbocycles. The summed E-state index contributed by atoms with van der Waals surface area (Å²) in [5.41, 5.74) is 2.86. The van der Waals surface area contributed by atoms with Gasteiger partial charge in [0.2, 0.25) is 0 Å². The van der Waals surface area contributed by atoms with Crippen molar-refractivity contribution in [3.8, 4) is 16.8 Å². The Kier molecular flexibility index (Phi) is 3.68. The molecule has 0 aliphatic heterocycles. The fourth-order valence-electron chi connectivity index (χ4n) is 2.93.